The lowest BCUT2D eigenvalue weighted by atomic mass is 10.3. The number of carboxylic acids is 1. The standard InChI is InChI=1S/C9H8F2N2O2/c1-5(9(14)15)12-13-7-4-2-3-6(10)8(7)11/h2-4,13H,1H3,(H,14,15). The molecule has 0 aliphatic rings. The first-order valence-electron chi connectivity index (χ1n) is 4.00. The summed E-state index contributed by atoms with van der Waals surface area (Å²) in [6.45, 7) is 1.23. The number of halogens is 2. The van der Waals surface area contributed by atoms with Gasteiger partial charge in [0.2, 0.25) is 0 Å². The van der Waals surface area contributed by atoms with Crippen molar-refractivity contribution in [2.24, 2.45) is 5.10 Å². The van der Waals surface area contributed by atoms with E-state index in [0.717, 1.165) is 6.07 Å². The molecule has 80 valence electrons. The summed E-state index contributed by atoms with van der Waals surface area (Å²) in [5.74, 6) is -3.36. The third-order valence-electron chi connectivity index (χ3n) is 1.61. The van der Waals surface area contributed by atoms with Crippen molar-refractivity contribution in [3.8, 4) is 0 Å². The molecule has 1 aromatic carbocycles. The van der Waals surface area contributed by atoms with Gasteiger partial charge >= 0.3 is 5.97 Å². The minimum absolute atomic E-state index is 0.212. The Bertz CT molecular complexity index is 419. The molecule has 0 radical (unpaired) electrons. The summed E-state index contributed by atoms with van der Waals surface area (Å²) in [6.07, 6.45) is 0. The van der Waals surface area contributed by atoms with E-state index in [0.29, 0.717) is 0 Å². The molecule has 4 nitrogen and oxygen atoms in total. The number of benzene rings is 1. The highest BCUT2D eigenvalue weighted by Crippen LogP contribution is 2.16. The fourth-order valence-electron chi connectivity index (χ4n) is 0.782. The molecule has 1 rings (SSSR count). The number of nitrogens with zero attached hydrogens (tertiary/aromatic N) is 1. The molecule has 2 N–H and O–H groups in total. The largest absolute Gasteiger partial charge is 0.477 e. The molecule has 0 amide bonds. The van der Waals surface area contributed by atoms with Crippen LogP contribution in [-0.2, 0) is 4.79 Å². The predicted molar refractivity (Wildman–Crippen MR) is 50.7 cm³/mol. The number of hydrogen-bond acceptors (Lipinski definition) is 3. The normalized spacial score (nSPS) is 11.3. The van der Waals surface area contributed by atoms with Crippen molar-refractivity contribution in [2.75, 3.05) is 5.43 Å². The molecule has 0 bridgehead atoms. The molecule has 0 atom stereocenters. The van der Waals surface area contributed by atoms with Gasteiger partial charge in [-0.2, -0.15) is 5.10 Å². The number of nitrogens with one attached hydrogen (secondary N) is 1. The average Bonchev–Trinajstić information content (AvgIpc) is 2.19. The lowest BCUT2D eigenvalue weighted by Gasteiger charge is -2.02. The van der Waals surface area contributed by atoms with Gasteiger partial charge in [-0.05, 0) is 19.1 Å². The summed E-state index contributed by atoms with van der Waals surface area (Å²) in [6, 6.07) is 3.48. The van der Waals surface area contributed by atoms with Gasteiger partial charge in [0.25, 0.3) is 0 Å². The molecule has 6 heteroatoms. The Hall–Kier alpha value is -1.98. The molecule has 0 aromatic heterocycles. The second-order valence-corrected chi connectivity index (χ2v) is 2.72. The zero-order chi connectivity index (χ0) is 11.4. The molecule has 0 heterocycles. The number of hydrazone groups is 1. The van der Waals surface area contributed by atoms with Crippen LogP contribution in [0.25, 0.3) is 0 Å². The maximum absolute atomic E-state index is 13.0. The Labute approximate surface area is 84.2 Å². The van der Waals surface area contributed by atoms with E-state index in [1.165, 1.54) is 19.1 Å². The van der Waals surface area contributed by atoms with Gasteiger partial charge in [0, 0.05) is 0 Å². The minimum atomic E-state index is -1.24. The van der Waals surface area contributed by atoms with Gasteiger partial charge in [-0.3, -0.25) is 5.43 Å². The minimum Gasteiger partial charge on any atom is -0.477 e. The summed E-state index contributed by atoms with van der Waals surface area (Å²) in [7, 11) is 0. The maximum Gasteiger partial charge on any atom is 0.351 e. The van der Waals surface area contributed by atoms with Gasteiger partial charge in [0.15, 0.2) is 11.6 Å². The Morgan fingerprint density at radius 2 is 2.13 bits per heavy atom. The van der Waals surface area contributed by atoms with Crippen LogP contribution in [0.3, 0.4) is 0 Å². The molecule has 0 saturated carbocycles. The summed E-state index contributed by atoms with van der Waals surface area (Å²) >= 11 is 0. The predicted octanol–water partition coefficient (Wildman–Crippen LogP) is 1.84. The van der Waals surface area contributed by atoms with Crippen LogP contribution in [-0.4, -0.2) is 16.8 Å². The number of anilines is 1. The Morgan fingerprint density at radius 3 is 2.73 bits per heavy atom. The van der Waals surface area contributed by atoms with Crippen molar-refractivity contribution >= 4 is 17.4 Å². The van der Waals surface area contributed by atoms with Gasteiger partial charge < -0.3 is 5.11 Å². The van der Waals surface area contributed by atoms with Crippen molar-refractivity contribution in [3.05, 3.63) is 29.8 Å². The van der Waals surface area contributed by atoms with Gasteiger partial charge in [0.1, 0.15) is 5.71 Å². The topological polar surface area (TPSA) is 61.7 Å². The van der Waals surface area contributed by atoms with Crippen molar-refractivity contribution in [3.63, 3.8) is 0 Å². The van der Waals surface area contributed by atoms with Crippen LogP contribution in [0.5, 0.6) is 0 Å². The van der Waals surface area contributed by atoms with E-state index in [2.05, 4.69) is 10.5 Å². The van der Waals surface area contributed by atoms with Gasteiger partial charge in [-0.1, -0.05) is 6.07 Å². The fraction of sp³-hybridized carbons (Fsp3) is 0.111. The molecule has 0 saturated heterocycles. The highest BCUT2D eigenvalue weighted by molar-refractivity contribution is 6.34. The van der Waals surface area contributed by atoms with E-state index in [-0.39, 0.29) is 11.4 Å². The third-order valence-corrected chi connectivity index (χ3v) is 1.61. The lowest BCUT2D eigenvalue weighted by Crippen LogP contribution is -2.10. The van der Waals surface area contributed by atoms with Crippen molar-refractivity contribution in [1.82, 2.24) is 0 Å². The van der Waals surface area contributed by atoms with E-state index in [4.69, 9.17) is 5.11 Å². The zero-order valence-electron chi connectivity index (χ0n) is 7.79. The Balaban J connectivity index is 2.87. The number of rotatable bonds is 3. The number of carbonyl (C=O) groups is 1. The van der Waals surface area contributed by atoms with Crippen LogP contribution >= 0.6 is 0 Å². The van der Waals surface area contributed by atoms with Crippen LogP contribution in [0, 0.1) is 11.6 Å². The summed E-state index contributed by atoms with van der Waals surface area (Å²) in [5, 5.41) is 11.8. The fourth-order valence-corrected chi connectivity index (χ4v) is 0.782. The highest BCUT2D eigenvalue weighted by Gasteiger charge is 2.07. The molecule has 0 fully saturated rings. The molecule has 0 aliphatic heterocycles. The maximum atomic E-state index is 13.0. The van der Waals surface area contributed by atoms with Crippen LogP contribution in [0.15, 0.2) is 23.3 Å². The molecule has 1 aromatic rings. The monoisotopic (exact) mass is 214 g/mol. The molecule has 15 heavy (non-hydrogen) atoms. The van der Waals surface area contributed by atoms with Gasteiger partial charge in [-0.15, -0.1) is 0 Å². The second-order valence-electron chi connectivity index (χ2n) is 2.72. The number of aliphatic carboxylic acids is 1. The molecular weight excluding hydrogens is 206 g/mol. The lowest BCUT2D eigenvalue weighted by molar-refractivity contribution is -0.129. The van der Waals surface area contributed by atoms with Crippen LogP contribution in [0.4, 0.5) is 14.5 Å². The molecule has 0 spiro atoms. The van der Waals surface area contributed by atoms with Crippen molar-refractivity contribution in [2.45, 2.75) is 6.92 Å². The second kappa shape index (κ2) is 4.50. The first-order chi connectivity index (χ1) is 7.02. The van der Waals surface area contributed by atoms with Crippen molar-refractivity contribution < 1.29 is 18.7 Å². The summed E-state index contributed by atoms with van der Waals surface area (Å²) < 4.78 is 25.7. The first-order valence-corrected chi connectivity index (χ1v) is 4.00. The molecule has 0 aliphatic carbocycles. The zero-order valence-corrected chi connectivity index (χ0v) is 7.79. The van der Waals surface area contributed by atoms with E-state index in [1.54, 1.807) is 0 Å². The van der Waals surface area contributed by atoms with E-state index >= 15 is 0 Å². The average molecular weight is 214 g/mol. The van der Waals surface area contributed by atoms with Gasteiger partial charge in [0.05, 0.1) is 5.69 Å². The van der Waals surface area contributed by atoms with Crippen molar-refractivity contribution in [1.29, 1.82) is 0 Å². The SMILES string of the molecule is CC(=NNc1cccc(F)c1F)C(=O)O. The van der Waals surface area contributed by atoms with Gasteiger partial charge in [-0.25, -0.2) is 13.6 Å². The molecule has 0 unspecified atom stereocenters. The first kappa shape index (κ1) is 11.1. The number of carboxylic acid groups (broad SMARTS) is 1. The highest BCUT2D eigenvalue weighted by atomic mass is 19.2. The van der Waals surface area contributed by atoms with Crippen LogP contribution in [0.1, 0.15) is 6.92 Å². The third kappa shape index (κ3) is 2.73. The smallest absolute Gasteiger partial charge is 0.351 e. The molecular formula is C9H8F2N2O2. The van der Waals surface area contributed by atoms with Crippen LogP contribution in [0.2, 0.25) is 0 Å². The quantitative estimate of drug-likeness (QED) is 0.596. The summed E-state index contributed by atoms with van der Waals surface area (Å²) in [5.41, 5.74) is 1.66. The number of hydrogen-bond donors (Lipinski definition) is 2. The Kier molecular flexibility index (Phi) is 3.33. The van der Waals surface area contributed by atoms with E-state index in [1.807, 2.05) is 0 Å². The summed E-state index contributed by atoms with van der Waals surface area (Å²) in [4.78, 5) is 10.3. The Morgan fingerprint density at radius 1 is 1.47 bits per heavy atom. The van der Waals surface area contributed by atoms with Crippen LogP contribution < -0.4 is 5.43 Å². The van der Waals surface area contributed by atoms with E-state index in [9.17, 15) is 13.6 Å². The van der Waals surface area contributed by atoms with E-state index < -0.39 is 17.6 Å².